The molecule has 42 heavy (non-hydrogen) atoms. The Balaban J connectivity index is 1.33. The van der Waals surface area contributed by atoms with Crippen LogP contribution in [0, 0.1) is 6.92 Å². The van der Waals surface area contributed by atoms with Crippen molar-refractivity contribution in [3.8, 4) is 11.5 Å². The Hall–Kier alpha value is -5.16. The van der Waals surface area contributed by atoms with Crippen molar-refractivity contribution in [2.75, 3.05) is 29.9 Å². The first-order valence-corrected chi connectivity index (χ1v) is 14.3. The van der Waals surface area contributed by atoms with Crippen LogP contribution in [0.2, 0.25) is 0 Å². The van der Waals surface area contributed by atoms with Crippen LogP contribution in [0.1, 0.15) is 11.1 Å². The fourth-order valence-corrected chi connectivity index (χ4v) is 5.38. The van der Waals surface area contributed by atoms with E-state index >= 15 is 0 Å². The van der Waals surface area contributed by atoms with E-state index in [4.69, 9.17) is 9.47 Å². The third-order valence-corrected chi connectivity index (χ3v) is 7.80. The van der Waals surface area contributed by atoms with Crippen molar-refractivity contribution in [1.29, 1.82) is 0 Å². The van der Waals surface area contributed by atoms with Gasteiger partial charge in [0.15, 0.2) is 6.61 Å². The van der Waals surface area contributed by atoms with Crippen molar-refractivity contribution in [2.45, 2.75) is 11.8 Å². The molecule has 11 heteroatoms. The number of amides is 2. The van der Waals surface area contributed by atoms with Crippen molar-refractivity contribution in [3.05, 3.63) is 114 Å². The second-order valence-electron chi connectivity index (χ2n) is 9.04. The molecule has 0 aliphatic rings. The lowest BCUT2D eigenvalue weighted by Gasteiger charge is -2.25. The maximum absolute atomic E-state index is 13.4. The Morgan fingerprint density at radius 3 is 2.14 bits per heavy atom. The van der Waals surface area contributed by atoms with Gasteiger partial charge in [0, 0.05) is 5.69 Å². The zero-order valence-corrected chi connectivity index (χ0v) is 23.9. The summed E-state index contributed by atoms with van der Waals surface area (Å²) >= 11 is 0. The van der Waals surface area contributed by atoms with Gasteiger partial charge in [-0.1, -0.05) is 36.4 Å². The summed E-state index contributed by atoms with van der Waals surface area (Å²) in [6.45, 7) is 1.13. The molecule has 216 valence electrons. The first-order valence-electron chi connectivity index (χ1n) is 12.9. The average molecular weight is 587 g/mol. The number of carbonyl (C=O) groups excluding carboxylic acids is 2. The molecule has 4 aromatic rings. The molecule has 0 saturated carbocycles. The van der Waals surface area contributed by atoms with Gasteiger partial charge in [-0.2, -0.15) is 5.10 Å². The Labute approximate surface area is 244 Å². The topological polar surface area (TPSA) is 126 Å². The molecule has 10 nitrogen and oxygen atoms in total. The van der Waals surface area contributed by atoms with E-state index in [1.165, 1.54) is 18.3 Å². The van der Waals surface area contributed by atoms with Gasteiger partial charge in [-0.05, 0) is 84.8 Å². The van der Waals surface area contributed by atoms with Crippen LogP contribution in [0.4, 0.5) is 11.4 Å². The summed E-state index contributed by atoms with van der Waals surface area (Å²) in [6, 6.07) is 28.5. The number of ether oxygens (including phenoxy) is 2. The van der Waals surface area contributed by atoms with Crippen LogP contribution in [0.5, 0.6) is 11.5 Å². The molecule has 0 bridgehead atoms. The van der Waals surface area contributed by atoms with Gasteiger partial charge in [-0.3, -0.25) is 13.9 Å². The number of aryl methyl sites for hydroxylation is 1. The summed E-state index contributed by atoms with van der Waals surface area (Å²) in [5.41, 5.74) is 4.77. The van der Waals surface area contributed by atoms with Crippen molar-refractivity contribution in [1.82, 2.24) is 5.43 Å². The third-order valence-electron chi connectivity index (χ3n) is 6.03. The van der Waals surface area contributed by atoms with Crippen molar-refractivity contribution in [3.63, 3.8) is 0 Å². The second-order valence-corrected chi connectivity index (χ2v) is 10.9. The predicted octanol–water partition coefficient (Wildman–Crippen LogP) is 4.37. The van der Waals surface area contributed by atoms with Crippen LogP contribution in [0.3, 0.4) is 0 Å². The molecule has 0 unspecified atom stereocenters. The number of sulfonamides is 1. The van der Waals surface area contributed by atoms with Gasteiger partial charge in [-0.25, -0.2) is 13.8 Å². The van der Waals surface area contributed by atoms with E-state index in [1.807, 2.05) is 0 Å². The minimum absolute atomic E-state index is 0.0741. The van der Waals surface area contributed by atoms with Gasteiger partial charge in [0.1, 0.15) is 18.0 Å². The Kier molecular flexibility index (Phi) is 9.90. The molecule has 4 rings (SSSR count). The number of hydrazone groups is 1. The standard InChI is InChI=1S/C31H30N4O6S/c1-23-8-6-7-11-29(23)35(42(38,39)28-9-4-3-5-10-28)21-30(36)34-32-20-24-12-16-27(17-13-24)41-22-31(37)33-25-14-18-26(40-2)19-15-25/h3-20H,21-22H2,1-2H3,(H,33,37)(H,34,36)/b32-20-. The Bertz CT molecular complexity index is 1640. The van der Waals surface area contributed by atoms with Gasteiger partial charge in [0.05, 0.1) is 23.9 Å². The first kappa shape index (κ1) is 29.8. The minimum atomic E-state index is -4.01. The van der Waals surface area contributed by atoms with Crippen LogP contribution in [-0.2, 0) is 19.6 Å². The van der Waals surface area contributed by atoms with Crippen LogP contribution in [0.25, 0.3) is 0 Å². The van der Waals surface area contributed by atoms with E-state index in [0.29, 0.717) is 34.0 Å². The van der Waals surface area contributed by atoms with Crippen LogP contribution in [-0.4, -0.2) is 46.7 Å². The fourth-order valence-electron chi connectivity index (χ4n) is 3.88. The van der Waals surface area contributed by atoms with Crippen molar-refractivity contribution < 1.29 is 27.5 Å². The van der Waals surface area contributed by atoms with E-state index in [0.717, 1.165) is 4.31 Å². The van der Waals surface area contributed by atoms with Crippen molar-refractivity contribution in [2.24, 2.45) is 5.10 Å². The normalized spacial score (nSPS) is 11.1. The number of nitrogens with zero attached hydrogens (tertiary/aromatic N) is 2. The molecule has 0 spiro atoms. The number of hydrogen-bond acceptors (Lipinski definition) is 7. The van der Waals surface area contributed by atoms with Gasteiger partial charge in [0.25, 0.3) is 21.8 Å². The average Bonchev–Trinajstić information content (AvgIpc) is 3.00. The number of carbonyl (C=O) groups is 2. The number of methoxy groups -OCH3 is 1. The highest BCUT2D eigenvalue weighted by Crippen LogP contribution is 2.26. The minimum Gasteiger partial charge on any atom is -0.497 e. The van der Waals surface area contributed by atoms with Crippen LogP contribution < -0.4 is 24.5 Å². The molecule has 0 fully saturated rings. The van der Waals surface area contributed by atoms with Crippen molar-refractivity contribution >= 4 is 39.4 Å². The molecular weight excluding hydrogens is 556 g/mol. The molecule has 0 aromatic heterocycles. The summed E-state index contributed by atoms with van der Waals surface area (Å²) in [5.74, 6) is 0.230. The van der Waals surface area contributed by atoms with E-state index in [-0.39, 0.29) is 17.4 Å². The summed E-state index contributed by atoms with van der Waals surface area (Å²) < 4.78 is 38.5. The first-order chi connectivity index (χ1) is 20.3. The zero-order chi connectivity index (χ0) is 30.0. The molecule has 2 amide bonds. The van der Waals surface area contributed by atoms with E-state index in [2.05, 4.69) is 15.8 Å². The lowest BCUT2D eigenvalue weighted by molar-refractivity contribution is -0.119. The lowest BCUT2D eigenvalue weighted by Crippen LogP contribution is -2.40. The summed E-state index contributed by atoms with van der Waals surface area (Å²) in [5, 5.41) is 6.71. The molecule has 0 saturated heterocycles. The predicted molar refractivity (Wildman–Crippen MR) is 161 cm³/mol. The summed E-state index contributed by atoms with van der Waals surface area (Å²) in [6.07, 6.45) is 1.42. The molecule has 0 aliphatic carbocycles. The number of hydrogen-bond donors (Lipinski definition) is 2. The zero-order valence-electron chi connectivity index (χ0n) is 23.1. The molecule has 0 aliphatic heterocycles. The Morgan fingerprint density at radius 1 is 0.833 bits per heavy atom. The number of para-hydroxylation sites is 1. The SMILES string of the molecule is COc1ccc(NC(=O)COc2ccc(/C=N\NC(=O)CN(c3ccccc3C)S(=O)(=O)c3ccccc3)cc2)cc1. The van der Waals surface area contributed by atoms with E-state index in [9.17, 15) is 18.0 Å². The fraction of sp³-hybridized carbons (Fsp3) is 0.129. The molecule has 0 radical (unpaired) electrons. The highest BCUT2D eigenvalue weighted by molar-refractivity contribution is 7.92. The van der Waals surface area contributed by atoms with E-state index < -0.39 is 22.5 Å². The van der Waals surface area contributed by atoms with Gasteiger partial charge < -0.3 is 14.8 Å². The molecule has 4 aromatic carbocycles. The number of anilines is 2. The lowest BCUT2D eigenvalue weighted by atomic mass is 10.2. The molecule has 2 N–H and O–H groups in total. The number of rotatable bonds is 12. The van der Waals surface area contributed by atoms with Crippen LogP contribution in [0.15, 0.2) is 113 Å². The summed E-state index contributed by atoms with van der Waals surface area (Å²) in [4.78, 5) is 25.0. The largest absolute Gasteiger partial charge is 0.497 e. The Morgan fingerprint density at radius 2 is 1.48 bits per heavy atom. The molecule has 0 atom stereocenters. The molecular formula is C31H30N4O6S. The van der Waals surface area contributed by atoms with Gasteiger partial charge >= 0.3 is 0 Å². The smallest absolute Gasteiger partial charge is 0.264 e. The second kappa shape index (κ2) is 14.0. The molecule has 0 heterocycles. The quantitative estimate of drug-likeness (QED) is 0.188. The van der Waals surface area contributed by atoms with Gasteiger partial charge in [-0.15, -0.1) is 0 Å². The third kappa shape index (κ3) is 7.95. The summed E-state index contributed by atoms with van der Waals surface area (Å²) in [7, 11) is -2.45. The van der Waals surface area contributed by atoms with Crippen LogP contribution >= 0.6 is 0 Å². The highest BCUT2D eigenvalue weighted by atomic mass is 32.2. The van der Waals surface area contributed by atoms with E-state index in [1.54, 1.807) is 105 Å². The monoisotopic (exact) mass is 586 g/mol. The maximum atomic E-state index is 13.4. The maximum Gasteiger partial charge on any atom is 0.264 e. The van der Waals surface area contributed by atoms with Gasteiger partial charge in [0.2, 0.25) is 0 Å². The highest BCUT2D eigenvalue weighted by Gasteiger charge is 2.28. The number of benzene rings is 4. The number of nitrogens with one attached hydrogen (secondary N) is 2.